The van der Waals surface area contributed by atoms with Crippen LogP contribution < -0.4 is 15.4 Å². The third kappa shape index (κ3) is 7.84. The minimum atomic E-state index is -0.787. The lowest BCUT2D eigenvalue weighted by Gasteiger charge is -2.11. The molecule has 0 unspecified atom stereocenters. The highest BCUT2D eigenvalue weighted by Crippen LogP contribution is 2.16. The Balaban J connectivity index is 1.58. The lowest BCUT2D eigenvalue weighted by Crippen LogP contribution is -2.29. The number of ether oxygens (including phenoxy) is 1. The monoisotopic (exact) mass is 364 g/mol. The van der Waals surface area contributed by atoms with Crippen molar-refractivity contribution in [3.8, 4) is 5.75 Å². The lowest BCUT2D eigenvalue weighted by molar-refractivity contribution is -0.137. The normalized spacial score (nSPS) is 19.3. The number of β-amino-alcohol motifs (C(OH)–C–C–N with tert-alkyl or cyclic N) is 1. The Kier molecular flexibility index (Phi) is 8.37. The van der Waals surface area contributed by atoms with Crippen molar-refractivity contribution in [3.63, 3.8) is 0 Å². The largest absolute Gasteiger partial charge is 0.484 e. The van der Waals surface area contributed by atoms with E-state index in [9.17, 15) is 14.7 Å². The van der Waals surface area contributed by atoms with Crippen molar-refractivity contribution in [2.45, 2.75) is 50.7 Å². The summed E-state index contributed by atoms with van der Waals surface area (Å²) in [7, 11) is 0. The van der Waals surface area contributed by atoms with Crippen LogP contribution >= 0.6 is 0 Å². The number of aliphatic carboxylic acids is 1. The molecule has 0 radical (unpaired) electrons. The van der Waals surface area contributed by atoms with Gasteiger partial charge in [0.25, 0.3) is 5.91 Å². The number of carbonyl (C=O) groups excluding carboxylic acids is 1. The number of carboxylic acids is 1. The Labute approximate surface area is 153 Å². The van der Waals surface area contributed by atoms with Crippen LogP contribution in [-0.2, 0) is 16.0 Å². The van der Waals surface area contributed by atoms with Crippen molar-refractivity contribution < 1.29 is 24.5 Å². The van der Waals surface area contributed by atoms with E-state index in [4.69, 9.17) is 9.84 Å². The van der Waals surface area contributed by atoms with Gasteiger partial charge in [-0.3, -0.25) is 9.59 Å². The van der Waals surface area contributed by atoms with Crippen molar-refractivity contribution in [2.24, 2.45) is 0 Å². The topological polar surface area (TPSA) is 108 Å². The van der Waals surface area contributed by atoms with Gasteiger partial charge in [0, 0.05) is 25.6 Å². The lowest BCUT2D eigenvalue weighted by atomic mass is 10.0. The summed E-state index contributed by atoms with van der Waals surface area (Å²) < 4.78 is 5.47. The highest BCUT2D eigenvalue weighted by molar-refractivity contribution is 5.77. The summed E-state index contributed by atoms with van der Waals surface area (Å²) in [5, 5.41) is 24.1. The maximum Gasteiger partial charge on any atom is 0.303 e. The molecule has 1 amide bonds. The van der Waals surface area contributed by atoms with E-state index in [-0.39, 0.29) is 25.0 Å². The van der Waals surface area contributed by atoms with Gasteiger partial charge in [0.1, 0.15) is 5.75 Å². The molecule has 1 aliphatic rings. The molecule has 26 heavy (non-hydrogen) atoms. The molecule has 0 spiro atoms. The van der Waals surface area contributed by atoms with Crippen molar-refractivity contribution in [1.29, 1.82) is 0 Å². The third-order valence-electron chi connectivity index (χ3n) is 4.36. The number of aliphatic hydroxyl groups is 1. The maximum absolute atomic E-state index is 11.7. The average molecular weight is 364 g/mol. The number of aliphatic hydroxyl groups excluding tert-OH is 1. The summed E-state index contributed by atoms with van der Waals surface area (Å²) >= 11 is 0. The zero-order valence-electron chi connectivity index (χ0n) is 14.9. The molecular weight excluding hydrogens is 336 g/mol. The van der Waals surface area contributed by atoms with Gasteiger partial charge < -0.3 is 25.6 Å². The van der Waals surface area contributed by atoms with Crippen LogP contribution in [0.4, 0.5) is 0 Å². The molecule has 1 saturated heterocycles. The molecule has 1 aromatic carbocycles. The van der Waals surface area contributed by atoms with Gasteiger partial charge in [0.05, 0.1) is 6.10 Å². The highest BCUT2D eigenvalue weighted by Gasteiger charge is 2.21. The quantitative estimate of drug-likeness (QED) is 0.438. The second-order valence-electron chi connectivity index (χ2n) is 6.69. The van der Waals surface area contributed by atoms with Crippen LogP contribution in [0.1, 0.15) is 37.7 Å². The summed E-state index contributed by atoms with van der Waals surface area (Å²) in [6.45, 7) is 1.15. The SMILES string of the molecule is O=C(O)CCCCCNC(=O)COc1ccc(C[C@@H]2C[C@@H](O)CN2)cc1. The Morgan fingerprint density at radius 3 is 2.62 bits per heavy atom. The Morgan fingerprint density at radius 1 is 1.19 bits per heavy atom. The highest BCUT2D eigenvalue weighted by atomic mass is 16.5. The number of nitrogens with one attached hydrogen (secondary N) is 2. The Morgan fingerprint density at radius 2 is 1.96 bits per heavy atom. The third-order valence-corrected chi connectivity index (χ3v) is 4.36. The zero-order chi connectivity index (χ0) is 18.8. The fourth-order valence-corrected chi connectivity index (χ4v) is 2.97. The first-order chi connectivity index (χ1) is 12.5. The van der Waals surface area contributed by atoms with Crippen LogP contribution in [0.25, 0.3) is 0 Å². The van der Waals surface area contributed by atoms with Crippen LogP contribution in [0.15, 0.2) is 24.3 Å². The Bertz CT molecular complexity index is 576. The fourth-order valence-electron chi connectivity index (χ4n) is 2.97. The number of benzene rings is 1. The predicted molar refractivity (Wildman–Crippen MR) is 97.2 cm³/mol. The van der Waals surface area contributed by atoms with Gasteiger partial charge in [-0.25, -0.2) is 0 Å². The van der Waals surface area contributed by atoms with Crippen LogP contribution in [0.3, 0.4) is 0 Å². The number of unbranched alkanes of at least 4 members (excludes halogenated alkanes) is 2. The van der Waals surface area contributed by atoms with Gasteiger partial charge in [-0.15, -0.1) is 0 Å². The Hall–Kier alpha value is -2.12. The molecule has 1 aromatic rings. The van der Waals surface area contributed by atoms with Crippen LogP contribution in [0, 0.1) is 0 Å². The van der Waals surface area contributed by atoms with Gasteiger partial charge in [-0.05, 0) is 43.4 Å². The van der Waals surface area contributed by atoms with Gasteiger partial charge in [-0.2, -0.15) is 0 Å². The average Bonchev–Trinajstić information content (AvgIpc) is 3.02. The molecule has 0 aromatic heterocycles. The van der Waals surface area contributed by atoms with Gasteiger partial charge in [0.2, 0.25) is 0 Å². The molecule has 144 valence electrons. The standard InChI is InChI=1S/C19H28N2O5/c22-16-11-15(21-12-16)10-14-5-7-17(8-6-14)26-13-18(23)20-9-3-1-2-4-19(24)25/h5-8,15-16,21-22H,1-4,9-13H2,(H,20,23)(H,24,25)/t15-,16-/m1/s1. The molecule has 1 fully saturated rings. The minimum Gasteiger partial charge on any atom is -0.484 e. The molecule has 1 heterocycles. The van der Waals surface area contributed by atoms with E-state index in [2.05, 4.69) is 10.6 Å². The molecule has 0 aliphatic carbocycles. The van der Waals surface area contributed by atoms with Gasteiger partial charge in [-0.1, -0.05) is 18.6 Å². The molecule has 4 N–H and O–H groups in total. The van der Waals surface area contributed by atoms with Crippen LogP contribution in [0.2, 0.25) is 0 Å². The van der Waals surface area contributed by atoms with Crippen molar-refractivity contribution in [2.75, 3.05) is 19.7 Å². The van der Waals surface area contributed by atoms with Gasteiger partial charge >= 0.3 is 5.97 Å². The maximum atomic E-state index is 11.7. The number of hydrogen-bond acceptors (Lipinski definition) is 5. The first-order valence-corrected chi connectivity index (χ1v) is 9.14. The van der Waals surface area contributed by atoms with E-state index in [1.54, 1.807) is 0 Å². The number of carboxylic acid groups (broad SMARTS) is 1. The second-order valence-corrected chi connectivity index (χ2v) is 6.69. The van der Waals surface area contributed by atoms with E-state index in [1.165, 1.54) is 0 Å². The van der Waals surface area contributed by atoms with Crippen LogP contribution in [0.5, 0.6) is 5.75 Å². The van der Waals surface area contributed by atoms with E-state index >= 15 is 0 Å². The summed E-state index contributed by atoms with van der Waals surface area (Å²) in [4.78, 5) is 22.1. The van der Waals surface area contributed by atoms with Crippen molar-refractivity contribution in [3.05, 3.63) is 29.8 Å². The number of carbonyl (C=O) groups is 2. The predicted octanol–water partition coefficient (Wildman–Crippen LogP) is 1.09. The van der Waals surface area contributed by atoms with E-state index in [1.807, 2.05) is 24.3 Å². The smallest absolute Gasteiger partial charge is 0.303 e. The molecule has 2 rings (SSSR count). The molecule has 7 nitrogen and oxygen atoms in total. The zero-order valence-corrected chi connectivity index (χ0v) is 14.9. The summed E-state index contributed by atoms with van der Waals surface area (Å²) in [5.41, 5.74) is 1.16. The molecule has 0 bridgehead atoms. The second kappa shape index (κ2) is 10.8. The molecule has 0 saturated carbocycles. The number of rotatable bonds is 11. The van der Waals surface area contributed by atoms with Gasteiger partial charge in [0.15, 0.2) is 6.61 Å². The van der Waals surface area contributed by atoms with E-state index in [0.29, 0.717) is 31.3 Å². The minimum absolute atomic E-state index is 0.0369. The summed E-state index contributed by atoms with van der Waals surface area (Å²) in [6.07, 6.45) is 3.72. The first kappa shape index (κ1) is 20.2. The fraction of sp³-hybridized carbons (Fsp3) is 0.579. The first-order valence-electron chi connectivity index (χ1n) is 9.14. The summed E-state index contributed by atoms with van der Waals surface area (Å²) in [5.74, 6) is -0.327. The molecular formula is C19H28N2O5. The van der Waals surface area contributed by atoms with Crippen molar-refractivity contribution >= 4 is 11.9 Å². The number of amides is 1. The van der Waals surface area contributed by atoms with Crippen molar-refractivity contribution in [1.82, 2.24) is 10.6 Å². The molecule has 1 aliphatic heterocycles. The van der Waals surface area contributed by atoms with Crippen LogP contribution in [-0.4, -0.2) is 53.9 Å². The van der Waals surface area contributed by atoms with E-state index < -0.39 is 5.97 Å². The van der Waals surface area contributed by atoms with E-state index in [0.717, 1.165) is 31.2 Å². The number of hydrogen-bond donors (Lipinski definition) is 4. The molecule has 7 heteroatoms. The summed E-state index contributed by atoms with van der Waals surface area (Å²) in [6, 6.07) is 7.95. The molecule has 2 atom stereocenters.